The van der Waals surface area contributed by atoms with Gasteiger partial charge >= 0.3 is 0 Å². The van der Waals surface area contributed by atoms with Gasteiger partial charge in [-0.2, -0.15) is 4.31 Å². The summed E-state index contributed by atoms with van der Waals surface area (Å²) in [5.74, 6) is 1.28. The summed E-state index contributed by atoms with van der Waals surface area (Å²) in [6.45, 7) is 7.60. The molecule has 0 aliphatic carbocycles. The minimum atomic E-state index is -3.55. The fourth-order valence-corrected chi connectivity index (χ4v) is 5.16. The molecule has 1 aromatic heterocycles. The number of benzene rings is 1. The van der Waals surface area contributed by atoms with Crippen molar-refractivity contribution in [2.75, 3.05) is 18.4 Å². The van der Waals surface area contributed by atoms with Crippen molar-refractivity contribution in [1.82, 2.24) is 9.29 Å². The van der Waals surface area contributed by atoms with Crippen LogP contribution in [0, 0.1) is 12.8 Å². The van der Waals surface area contributed by atoms with Crippen molar-refractivity contribution in [1.29, 1.82) is 0 Å². The van der Waals surface area contributed by atoms with Crippen LogP contribution in [0.1, 0.15) is 50.3 Å². The molecule has 1 aliphatic rings. The number of hydrogen-bond acceptors (Lipinski definition) is 4. The van der Waals surface area contributed by atoms with Crippen molar-refractivity contribution in [2.24, 2.45) is 5.92 Å². The third-order valence-electron chi connectivity index (χ3n) is 4.96. The first-order valence-corrected chi connectivity index (χ1v) is 11.1. The van der Waals surface area contributed by atoms with Gasteiger partial charge in [-0.3, -0.25) is 0 Å². The molecule has 1 aromatic carbocycles. The molecule has 2 heterocycles. The zero-order valence-electron chi connectivity index (χ0n) is 16.4. The molecular formula is C21H29N3O2S. The van der Waals surface area contributed by atoms with E-state index in [2.05, 4.69) is 24.1 Å². The van der Waals surface area contributed by atoms with Gasteiger partial charge in [-0.25, -0.2) is 13.4 Å². The minimum absolute atomic E-state index is 0.187. The minimum Gasteiger partial charge on any atom is -0.370 e. The second-order valence-electron chi connectivity index (χ2n) is 7.66. The monoisotopic (exact) mass is 387 g/mol. The molecule has 0 radical (unpaired) electrons. The van der Waals surface area contributed by atoms with Gasteiger partial charge < -0.3 is 5.32 Å². The molecule has 6 heteroatoms. The Kier molecular flexibility index (Phi) is 6.17. The smallest absolute Gasteiger partial charge is 0.243 e. The number of nitrogens with zero attached hydrogens (tertiary/aromatic N) is 2. The van der Waals surface area contributed by atoms with Crippen LogP contribution >= 0.6 is 0 Å². The first kappa shape index (κ1) is 19.8. The molecule has 1 atom stereocenters. The lowest BCUT2D eigenvalue weighted by Crippen LogP contribution is -2.38. The van der Waals surface area contributed by atoms with Crippen LogP contribution in [0.2, 0.25) is 0 Å². The molecule has 0 saturated carbocycles. The number of pyridine rings is 1. The molecular weight excluding hydrogens is 358 g/mol. The molecule has 3 rings (SSSR count). The van der Waals surface area contributed by atoms with Crippen molar-refractivity contribution in [2.45, 2.75) is 51.0 Å². The Morgan fingerprint density at radius 2 is 1.93 bits per heavy atom. The van der Waals surface area contributed by atoms with E-state index in [9.17, 15) is 8.42 Å². The van der Waals surface area contributed by atoms with Crippen molar-refractivity contribution in [3.63, 3.8) is 0 Å². The predicted octanol–water partition coefficient (Wildman–Crippen LogP) is 4.37. The van der Waals surface area contributed by atoms with Gasteiger partial charge in [0.2, 0.25) is 10.0 Å². The number of aryl methyl sites for hydroxylation is 1. The predicted molar refractivity (Wildman–Crippen MR) is 109 cm³/mol. The Labute approximate surface area is 162 Å². The Bertz CT molecular complexity index is 863. The maximum Gasteiger partial charge on any atom is 0.243 e. The van der Waals surface area contributed by atoms with Crippen molar-refractivity contribution in [3.05, 3.63) is 53.7 Å². The number of nitrogens with one attached hydrogen (secondary N) is 1. The average molecular weight is 388 g/mol. The number of aromatic nitrogens is 1. The zero-order chi connectivity index (χ0) is 19.4. The molecule has 1 fully saturated rings. The lowest BCUT2D eigenvalue weighted by Gasteiger charge is -2.35. The molecule has 1 aliphatic heterocycles. The highest BCUT2D eigenvalue weighted by Crippen LogP contribution is 2.37. The molecule has 0 unspecified atom stereocenters. The lowest BCUT2D eigenvalue weighted by atomic mass is 9.98. The van der Waals surface area contributed by atoms with Gasteiger partial charge in [0.25, 0.3) is 0 Å². The zero-order valence-corrected chi connectivity index (χ0v) is 17.2. The van der Waals surface area contributed by atoms with Crippen LogP contribution in [0.25, 0.3) is 0 Å². The quantitative estimate of drug-likeness (QED) is 0.799. The number of rotatable bonds is 6. The maximum absolute atomic E-state index is 13.3. The van der Waals surface area contributed by atoms with Crippen LogP contribution in [-0.2, 0) is 10.0 Å². The van der Waals surface area contributed by atoms with Gasteiger partial charge in [-0.1, -0.05) is 44.0 Å². The Morgan fingerprint density at radius 3 is 2.63 bits per heavy atom. The third-order valence-corrected chi connectivity index (χ3v) is 6.88. The lowest BCUT2D eigenvalue weighted by molar-refractivity contribution is 0.256. The summed E-state index contributed by atoms with van der Waals surface area (Å²) in [4.78, 5) is 4.86. The third kappa shape index (κ3) is 4.50. The largest absolute Gasteiger partial charge is 0.370 e. The van der Waals surface area contributed by atoms with Crippen LogP contribution < -0.4 is 5.32 Å². The van der Waals surface area contributed by atoms with Gasteiger partial charge in [0.15, 0.2) is 0 Å². The number of hydrogen-bond donors (Lipinski definition) is 1. The second kappa shape index (κ2) is 8.40. The van der Waals surface area contributed by atoms with E-state index in [-0.39, 0.29) is 6.04 Å². The fourth-order valence-electron chi connectivity index (χ4n) is 3.48. The SMILES string of the molecule is Cc1ccc(S(=O)(=O)N2CCCC[C@@H]2c2cccnc2NCC(C)C)cc1. The van der Waals surface area contributed by atoms with Gasteiger partial charge in [0.1, 0.15) is 5.82 Å². The molecule has 27 heavy (non-hydrogen) atoms. The topological polar surface area (TPSA) is 62.3 Å². The molecule has 0 amide bonds. The average Bonchev–Trinajstić information content (AvgIpc) is 2.67. The number of sulfonamides is 1. The van der Waals surface area contributed by atoms with E-state index in [1.165, 1.54) is 0 Å². The molecule has 5 nitrogen and oxygen atoms in total. The summed E-state index contributed by atoms with van der Waals surface area (Å²) in [6.07, 6.45) is 4.47. The summed E-state index contributed by atoms with van der Waals surface area (Å²) in [5.41, 5.74) is 2.02. The van der Waals surface area contributed by atoms with E-state index >= 15 is 0 Å². The molecule has 1 saturated heterocycles. The summed E-state index contributed by atoms with van der Waals surface area (Å²) in [5, 5.41) is 3.40. The summed E-state index contributed by atoms with van der Waals surface area (Å²) in [7, 11) is -3.55. The van der Waals surface area contributed by atoms with E-state index in [1.807, 2.05) is 31.2 Å². The fraction of sp³-hybridized carbons (Fsp3) is 0.476. The van der Waals surface area contributed by atoms with E-state index in [1.54, 1.807) is 22.6 Å². The van der Waals surface area contributed by atoms with Gasteiger partial charge in [-0.05, 0) is 43.9 Å². The molecule has 0 bridgehead atoms. The Balaban J connectivity index is 1.96. The van der Waals surface area contributed by atoms with Crippen molar-refractivity contribution in [3.8, 4) is 0 Å². The first-order chi connectivity index (χ1) is 12.9. The van der Waals surface area contributed by atoms with E-state index < -0.39 is 10.0 Å². The highest BCUT2D eigenvalue weighted by Gasteiger charge is 2.35. The highest BCUT2D eigenvalue weighted by molar-refractivity contribution is 7.89. The Hall–Kier alpha value is -1.92. The van der Waals surface area contributed by atoms with Gasteiger partial charge in [0, 0.05) is 24.8 Å². The second-order valence-corrected chi connectivity index (χ2v) is 9.55. The number of piperidine rings is 1. The molecule has 1 N–H and O–H groups in total. The Morgan fingerprint density at radius 1 is 1.19 bits per heavy atom. The van der Waals surface area contributed by atoms with Crippen LogP contribution in [-0.4, -0.2) is 30.8 Å². The highest BCUT2D eigenvalue weighted by atomic mass is 32.2. The normalized spacial score (nSPS) is 18.6. The van der Waals surface area contributed by atoms with E-state index in [0.29, 0.717) is 17.4 Å². The van der Waals surface area contributed by atoms with Crippen LogP contribution in [0.15, 0.2) is 47.5 Å². The van der Waals surface area contributed by atoms with Crippen LogP contribution in [0.3, 0.4) is 0 Å². The maximum atomic E-state index is 13.3. The molecule has 2 aromatic rings. The summed E-state index contributed by atoms with van der Waals surface area (Å²) >= 11 is 0. The van der Waals surface area contributed by atoms with Crippen molar-refractivity contribution >= 4 is 15.8 Å². The summed E-state index contributed by atoms with van der Waals surface area (Å²) < 4.78 is 28.4. The summed E-state index contributed by atoms with van der Waals surface area (Å²) in [6, 6.07) is 10.8. The van der Waals surface area contributed by atoms with Gasteiger partial charge in [-0.15, -0.1) is 0 Å². The van der Waals surface area contributed by atoms with Gasteiger partial charge in [0.05, 0.1) is 10.9 Å². The molecule has 146 valence electrons. The first-order valence-electron chi connectivity index (χ1n) is 9.67. The molecule has 0 spiro atoms. The van der Waals surface area contributed by atoms with Crippen LogP contribution in [0.5, 0.6) is 0 Å². The van der Waals surface area contributed by atoms with E-state index in [4.69, 9.17) is 0 Å². The van der Waals surface area contributed by atoms with Crippen LogP contribution in [0.4, 0.5) is 5.82 Å². The standard InChI is InChI=1S/C21H29N3O2S/c1-16(2)15-23-21-19(7-6-13-22-21)20-8-4-5-14-24(20)27(25,26)18-11-9-17(3)10-12-18/h6-7,9-13,16,20H,4-5,8,14-15H2,1-3H3,(H,22,23)/t20-/m1/s1. The van der Waals surface area contributed by atoms with E-state index in [0.717, 1.165) is 42.8 Å². The van der Waals surface area contributed by atoms with Crippen molar-refractivity contribution < 1.29 is 8.42 Å². The number of anilines is 1.